The maximum Gasteiger partial charge on any atom is 0.236 e. The third kappa shape index (κ3) is 4.26. The number of carbonyl (C=O) groups is 1. The van der Waals surface area contributed by atoms with Gasteiger partial charge in [0.15, 0.2) is 0 Å². The molecule has 1 rings (SSSR count). The van der Waals surface area contributed by atoms with Crippen LogP contribution in [-0.4, -0.2) is 29.0 Å². The Bertz CT molecular complexity index is 328. The monoisotopic (exact) mass is 209 g/mol. The second-order valence-electron chi connectivity index (χ2n) is 3.04. The van der Waals surface area contributed by atoms with E-state index in [-0.39, 0.29) is 6.54 Å². The van der Waals surface area contributed by atoms with Gasteiger partial charge in [0.25, 0.3) is 0 Å². The van der Waals surface area contributed by atoms with Crippen molar-refractivity contribution < 1.29 is 4.79 Å². The number of carbonyl (C=O) groups excluding carboxylic acids is 1. The van der Waals surface area contributed by atoms with Crippen molar-refractivity contribution in [1.29, 1.82) is 0 Å². The van der Waals surface area contributed by atoms with Crippen molar-refractivity contribution in [2.75, 3.05) is 23.7 Å². The van der Waals surface area contributed by atoms with Gasteiger partial charge in [-0.2, -0.15) is 0 Å². The first kappa shape index (κ1) is 11.2. The summed E-state index contributed by atoms with van der Waals surface area (Å²) in [4.78, 5) is 18.7. The molecule has 0 atom stereocenters. The molecule has 0 radical (unpaired) electrons. The smallest absolute Gasteiger partial charge is 0.236 e. The third-order valence-electron chi connectivity index (χ3n) is 1.63. The summed E-state index contributed by atoms with van der Waals surface area (Å²) in [6.45, 7) is 2.97. The van der Waals surface area contributed by atoms with E-state index in [2.05, 4.69) is 27.5 Å². The lowest BCUT2D eigenvalue weighted by Crippen LogP contribution is -2.22. The maximum atomic E-state index is 10.5. The van der Waals surface area contributed by atoms with Gasteiger partial charge >= 0.3 is 0 Å². The van der Waals surface area contributed by atoms with Gasteiger partial charge in [0, 0.05) is 6.54 Å². The van der Waals surface area contributed by atoms with E-state index < -0.39 is 5.91 Å². The van der Waals surface area contributed by atoms with Crippen molar-refractivity contribution in [3.05, 3.63) is 12.4 Å². The van der Waals surface area contributed by atoms with Gasteiger partial charge < -0.3 is 16.4 Å². The minimum atomic E-state index is -0.427. The van der Waals surface area contributed by atoms with Crippen molar-refractivity contribution in [3.8, 4) is 0 Å². The molecule has 1 heterocycles. The molecule has 1 aromatic rings. The number of hydrogen-bond donors (Lipinski definition) is 3. The van der Waals surface area contributed by atoms with Gasteiger partial charge in [-0.25, -0.2) is 4.98 Å². The molecule has 0 aliphatic carbocycles. The SMILES string of the molecule is CCCNc1cncc(NCC(N)=O)n1. The van der Waals surface area contributed by atoms with Crippen LogP contribution in [0.15, 0.2) is 12.4 Å². The zero-order valence-electron chi connectivity index (χ0n) is 8.66. The predicted octanol–water partition coefficient (Wildman–Crippen LogP) is 0.196. The highest BCUT2D eigenvalue weighted by atomic mass is 16.1. The number of nitrogens with one attached hydrogen (secondary N) is 2. The molecule has 0 aromatic carbocycles. The molecule has 0 unspecified atom stereocenters. The van der Waals surface area contributed by atoms with Gasteiger partial charge in [0.1, 0.15) is 11.6 Å². The number of anilines is 2. The molecule has 1 aromatic heterocycles. The fraction of sp³-hybridized carbons (Fsp3) is 0.444. The second-order valence-corrected chi connectivity index (χ2v) is 3.04. The number of aromatic nitrogens is 2. The molecular formula is C9H15N5O. The molecule has 1 amide bonds. The predicted molar refractivity (Wildman–Crippen MR) is 58.5 cm³/mol. The zero-order chi connectivity index (χ0) is 11.1. The minimum Gasteiger partial charge on any atom is -0.369 e. The van der Waals surface area contributed by atoms with E-state index in [9.17, 15) is 4.79 Å². The third-order valence-corrected chi connectivity index (χ3v) is 1.63. The molecule has 0 saturated heterocycles. The fourth-order valence-electron chi connectivity index (χ4n) is 0.967. The van der Waals surface area contributed by atoms with Crippen LogP contribution < -0.4 is 16.4 Å². The van der Waals surface area contributed by atoms with Crippen LogP contribution in [0.1, 0.15) is 13.3 Å². The van der Waals surface area contributed by atoms with Crippen LogP contribution in [0.25, 0.3) is 0 Å². The van der Waals surface area contributed by atoms with E-state index in [0.717, 1.165) is 13.0 Å². The first-order valence-electron chi connectivity index (χ1n) is 4.80. The highest BCUT2D eigenvalue weighted by Gasteiger charge is 1.98. The molecule has 4 N–H and O–H groups in total. The number of primary amides is 1. The Labute approximate surface area is 88.3 Å². The Kier molecular flexibility index (Phi) is 4.33. The van der Waals surface area contributed by atoms with E-state index >= 15 is 0 Å². The highest BCUT2D eigenvalue weighted by Crippen LogP contribution is 2.05. The van der Waals surface area contributed by atoms with Crippen molar-refractivity contribution in [1.82, 2.24) is 9.97 Å². The van der Waals surface area contributed by atoms with E-state index in [1.807, 2.05) is 0 Å². The summed E-state index contributed by atoms with van der Waals surface area (Å²) in [6, 6.07) is 0. The van der Waals surface area contributed by atoms with E-state index in [4.69, 9.17) is 5.73 Å². The lowest BCUT2D eigenvalue weighted by molar-refractivity contribution is -0.116. The fourth-order valence-corrected chi connectivity index (χ4v) is 0.967. The first-order valence-corrected chi connectivity index (χ1v) is 4.80. The summed E-state index contributed by atoms with van der Waals surface area (Å²) >= 11 is 0. The van der Waals surface area contributed by atoms with Crippen LogP contribution in [0.4, 0.5) is 11.6 Å². The molecule has 0 spiro atoms. The summed E-state index contributed by atoms with van der Waals surface area (Å²) in [7, 11) is 0. The Morgan fingerprint density at radius 1 is 1.40 bits per heavy atom. The summed E-state index contributed by atoms with van der Waals surface area (Å²) in [5.74, 6) is 0.796. The molecule has 6 nitrogen and oxygen atoms in total. The molecule has 15 heavy (non-hydrogen) atoms. The number of nitrogens with two attached hydrogens (primary N) is 1. The molecule has 6 heteroatoms. The van der Waals surface area contributed by atoms with Crippen LogP contribution >= 0.6 is 0 Å². The van der Waals surface area contributed by atoms with Gasteiger partial charge in [-0.15, -0.1) is 0 Å². The average molecular weight is 209 g/mol. The molecule has 82 valence electrons. The average Bonchev–Trinajstić information content (AvgIpc) is 2.24. The molecule has 0 aliphatic heterocycles. The molecule has 0 bridgehead atoms. The molecule has 0 aliphatic rings. The van der Waals surface area contributed by atoms with E-state index in [1.165, 1.54) is 0 Å². The van der Waals surface area contributed by atoms with Crippen LogP contribution in [0.2, 0.25) is 0 Å². The summed E-state index contributed by atoms with van der Waals surface area (Å²) in [5, 5.41) is 5.87. The van der Waals surface area contributed by atoms with Gasteiger partial charge in [0.05, 0.1) is 18.9 Å². The minimum absolute atomic E-state index is 0.0614. The zero-order valence-corrected chi connectivity index (χ0v) is 8.66. The van der Waals surface area contributed by atoms with Gasteiger partial charge in [-0.3, -0.25) is 9.78 Å². The van der Waals surface area contributed by atoms with Crippen LogP contribution in [-0.2, 0) is 4.79 Å². The lowest BCUT2D eigenvalue weighted by Gasteiger charge is -2.06. The van der Waals surface area contributed by atoms with Crippen molar-refractivity contribution in [2.45, 2.75) is 13.3 Å². The van der Waals surface area contributed by atoms with Gasteiger partial charge in [-0.1, -0.05) is 6.92 Å². The largest absolute Gasteiger partial charge is 0.369 e. The Morgan fingerprint density at radius 3 is 2.67 bits per heavy atom. The second kappa shape index (κ2) is 5.79. The summed E-state index contributed by atoms with van der Waals surface area (Å²) in [5.41, 5.74) is 4.99. The number of rotatable bonds is 6. The number of hydrogen-bond acceptors (Lipinski definition) is 5. The van der Waals surface area contributed by atoms with Crippen LogP contribution in [0.5, 0.6) is 0 Å². The Balaban J connectivity index is 2.53. The first-order chi connectivity index (χ1) is 7.22. The number of nitrogens with zero attached hydrogens (tertiary/aromatic N) is 2. The van der Waals surface area contributed by atoms with Gasteiger partial charge in [-0.05, 0) is 6.42 Å². The van der Waals surface area contributed by atoms with Crippen molar-refractivity contribution >= 4 is 17.5 Å². The lowest BCUT2D eigenvalue weighted by atomic mass is 10.5. The van der Waals surface area contributed by atoms with Crippen LogP contribution in [0, 0.1) is 0 Å². The normalized spacial score (nSPS) is 9.67. The Morgan fingerprint density at radius 2 is 2.07 bits per heavy atom. The van der Waals surface area contributed by atoms with Gasteiger partial charge in [0.2, 0.25) is 5.91 Å². The number of amides is 1. The molecule has 0 saturated carbocycles. The topological polar surface area (TPSA) is 92.9 Å². The quantitative estimate of drug-likeness (QED) is 0.622. The van der Waals surface area contributed by atoms with Crippen molar-refractivity contribution in [3.63, 3.8) is 0 Å². The van der Waals surface area contributed by atoms with E-state index in [1.54, 1.807) is 12.4 Å². The van der Waals surface area contributed by atoms with E-state index in [0.29, 0.717) is 11.6 Å². The highest BCUT2D eigenvalue weighted by molar-refractivity contribution is 5.78. The van der Waals surface area contributed by atoms with Crippen LogP contribution in [0.3, 0.4) is 0 Å². The molecular weight excluding hydrogens is 194 g/mol. The summed E-state index contributed by atoms with van der Waals surface area (Å²) < 4.78 is 0. The summed E-state index contributed by atoms with van der Waals surface area (Å²) in [6.07, 6.45) is 4.19. The Hall–Kier alpha value is -1.85. The maximum absolute atomic E-state index is 10.5. The standard InChI is InChI=1S/C9H15N5O/c1-2-3-12-8-5-11-6-9(14-8)13-4-7(10)15/h5-6H,2-4H2,1H3,(H2,10,15)(H2,12,13,14). The van der Waals surface area contributed by atoms with Crippen molar-refractivity contribution in [2.24, 2.45) is 5.73 Å². The molecule has 0 fully saturated rings.